The Kier molecular flexibility index (Phi) is 11.1. The molecule has 0 aliphatic rings. The quantitative estimate of drug-likeness (QED) is 0.432. The Morgan fingerprint density at radius 3 is 1.44 bits per heavy atom. The molecule has 2 heteroatoms. The van der Waals surface area contributed by atoms with E-state index in [0.717, 1.165) is 16.7 Å². The number of aryl methyl sites for hydroxylation is 3. The van der Waals surface area contributed by atoms with Crippen LogP contribution in [0.25, 0.3) is 0 Å². The fraction of sp³-hybridized carbons (Fsp3) is 0.400. The van der Waals surface area contributed by atoms with Gasteiger partial charge in [0.15, 0.2) is 0 Å². The van der Waals surface area contributed by atoms with Crippen molar-refractivity contribution >= 4 is 0 Å². The smallest absolute Gasteiger partial charge is 0.119 e. The summed E-state index contributed by atoms with van der Waals surface area (Å²) in [5.41, 5.74) is 7.01. The molecular weight excluding hydrogens is 392 g/mol. The van der Waals surface area contributed by atoms with Crippen LogP contribution in [0.4, 0.5) is 0 Å². The van der Waals surface area contributed by atoms with Crippen molar-refractivity contribution in [3.8, 4) is 11.5 Å². The van der Waals surface area contributed by atoms with Crippen molar-refractivity contribution in [1.29, 1.82) is 0 Å². The Balaban J connectivity index is 0.000000240. The molecule has 0 unspecified atom stereocenters. The summed E-state index contributed by atoms with van der Waals surface area (Å²) in [6.07, 6.45) is 0. The van der Waals surface area contributed by atoms with Crippen molar-refractivity contribution in [3.05, 3.63) is 94.0 Å². The second-order valence-corrected chi connectivity index (χ2v) is 9.48. The lowest BCUT2D eigenvalue weighted by Crippen LogP contribution is -1.87. The van der Waals surface area contributed by atoms with Crippen LogP contribution in [-0.2, 0) is 0 Å². The minimum absolute atomic E-state index is 0.399. The number of benzene rings is 3. The van der Waals surface area contributed by atoms with E-state index in [1.807, 2.05) is 38.1 Å². The lowest BCUT2D eigenvalue weighted by Gasteiger charge is -2.07. The molecule has 0 heterocycles. The predicted molar refractivity (Wildman–Crippen MR) is 139 cm³/mol. The van der Waals surface area contributed by atoms with E-state index in [-0.39, 0.29) is 0 Å². The van der Waals surface area contributed by atoms with E-state index in [1.165, 1.54) is 16.7 Å². The molecule has 0 fully saturated rings. The second-order valence-electron chi connectivity index (χ2n) is 9.48. The zero-order chi connectivity index (χ0) is 24.4. The third-order valence-corrected chi connectivity index (χ3v) is 5.45. The monoisotopic (exact) mass is 434 g/mol. The third kappa shape index (κ3) is 9.18. The van der Waals surface area contributed by atoms with Crippen LogP contribution in [0, 0.1) is 20.8 Å². The molecule has 0 amide bonds. The lowest BCUT2D eigenvalue weighted by molar-refractivity contribution is 0.464. The van der Waals surface area contributed by atoms with Gasteiger partial charge >= 0.3 is 0 Å². The molecule has 0 saturated heterocycles. The zero-order valence-electron chi connectivity index (χ0n) is 21.4. The van der Waals surface area contributed by atoms with E-state index in [4.69, 9.17) is 0 Å². The van der Waals surface area contributed by atoms with Gasteiger partial charge in [0, 0.05) is 0 Å². The molecule has 0 bridgehead atoms. The van der Waals surface area contributed by atoms with Gasteiger partial charge in [-0.15, -0.1) is 0 Å². The van der Waals surface area contributed by atoms with Gasteiger partial charge in [0.1, 0.15) is 11.5 Å². The number of phenolic OH excluding ortho intramolecular Hbond substituents is 2. The predicted octanol–water partition coefficient (Wildman–Crippen LogP) is 8.77. The molecular formula is C30H42O2. The molecule has 32 heavy (non-hydrogen) atoms. The van der Waals surface area contributed by atoms with E-state index in [2.05, 4.69) is 78.8 Å². The summed E-state index contributed by atoms with van der Waals surface area (Å²) in [5, 5.41) is 18.8. The highest BCUT2D eigenvalue weighted by molar-refractivity contribution is 5.38. The summed E-state index contributed by atoms with van der Waals surface area (Å²) in [4.78, 5) is 0. The van der Waals surface area contributed by atoms with Crippen molar-refractivity contribution in [1.82, 2.24) is 0 Å². The van der Waals surface area contributed by atoms with Crippen molar-refractivity contribution in [2.75, 3.05) is 0 Å². The van der Waals surface area contributed by atoms with Crippen molar-refractivity contribution < 1.29 is 10.2 Å². The number of phenols is 2. The van der Waals surface area contributed by atoms with Crippen LogP contribution in [0.5, 0.6) is 11.5 Å². The average molecular weight is 435 g/mol. The van der Waals surface area contributed by atoms with Gasteiger partial charge in [0.25, 0.3) is 0 Å². The normalized spacial score (nSPS) is 10.5. The highest BCUT2D eigenvalue weighted by atomic mass is 16.3. The van der Waals surface area contributed by atoms with Crippen LogP contribution < -0.4 is 0 Å². The van der Waals surface area contributed by atoms with Crippen molar-refractivity contribution in [2.45, 2.75) is 80.1 Å². The van der Waals surface area contributed by atoms with Crippen LogP contribution in [0.3, 0.4) is 0 Å². The SMILES string of the molecule is Cc1ccc(C(C)C)c(O)c1.Cc1ccc(C(C)C)cc1.Cc1ccc(C(C)C)cc1O. The van der Waals surface area contributed by atoms with Crippen LogP contribution in [0.15, 0.2) is 60.7 Å². The Hall–Kier alpha value is -2.74. The second kappa shape index (κ2) is 13.0. The van der Waals surface area contributed by atoms with E-state index in [9.17, 15) is 10.2 Å². The van der Waals surface area contributed by atoms with Gasteiger partial charge in [0.05, 0.1) is 0 Å². The zero-order valence-corrected chi connectivity index (χ0v) is 21.4. The Morgan fingerprint density at radius 2 is 1.00 bits per heavy atom. The molecule has 2 N–H and O–H groups in total. The third-order valence-electron chi connectivity index (χ3n) is 5.45. The fourth-order valence-corrected chi connectivity index (χ4v) is 3.08. The summed E-state index contributed by atoms with van der Waals surface area (Å²) >= 11 is 0. The van der Waals surface area contributed by atoms with Gasteiger partial charge in [0.2, 0.25) is 0 Å². The molecule has 0 aliphatic carbocycles. The molecule has 3 rings (SSSR count). The highest BCUT2D eigenvalue weighted by Crippen LogP contribution is 2.25. The Bertz CT molecular complexity index is 951. The Morgan fingerprint density at radius 1 is 0.500 bits per heavy atom. The molecule has 0 saturated carbocycles. The molecule has 0 aliphatic heterocycles. The highest BCUT2D eigenvalue weighted by Gasteiger charge is 2.04. The van der Waals surface area contributed by atoms with Crippen LogP contribution in [-0.4, -0.2) is 10.2 Å². The van der Waals surface area contributed by atoms with Crippen molar-refractivity contribution in [2.24, 2.45) is 0 Å². The summed E-state index contributed by atoms with van der Waals surface area (Å²) < 4.78 is 0. The number of aromatic hydroxyl groups is 2. The van der Waals surface area contributed by atoms with E-state index in [0.29, 0.717) is 29.3 Å². The minimum atomic E-state index is 0.399. The van der Waals surface area contributed by atoms with Crippen molar-refractivity contribution in [3.63, 3.8) is 0 Å². The molecule has 0 aromatic heterocycles. The van der Waals surface area contributed by atoms with E-state index in [1.54, 1.807) is 6.07 Å². The number of hydrogen-bond donors (Lipinski definition) is 2. The molecule has 174 valence electrons. The van der Waals surface area contributed by atoms with Crippen LogP contribution in [0.2, 0.25) is 0 Å². The summed E-state index contributed by atoms with van der Waals surface area (Å²) in [6, 6.07) is 20.4. The first-order valence-corrected chi connectivity index (χ1v) is 11.6. The first-order valence-electron chi connectivity index (χ1n) is 11.6. The largest absolute Gasteiger partial charge is 0.508 e. The van der Waals surface area contributed by atoms with Crippen LogP contribution in [0.1, 0.15) is 92.7 Å². The lowest BCUT2D eigenvalue weighted by atomic mass is 10.0. The van der Waals surface area contributed by atoms with Gasteiger partial charge < -0.3 is 10.2 Å². The number of rotatable bonds is 3. The fourth-order valence-electron chi connectivity index (χ4n) is 3.08. The molecule has 0 radical (unpaired) electrons. The topological polar surface area (TPSA) is 40.5 Å². The molecule has 3 aromatic rings. The van der Waals surface area contributed by atoms with E-state index >= 15 is 0 Å². The van der Waals surface area contributed by atoms with Gasteiger partial charge in [-0.2, -0.15) is 0 Å². The maximum absolute atomic E-state index is 9.46. The summed E-state index contributed by atoms with van der Waals surface area (Å²) in [7, 11) is 0. The van der Waals surface area contributed by atoms with Gasteiger partial charge in [-0.3, -0.25) is 0 Å². The Labute approximate surface area is 196 Å². The molecule has 0 atom stereocenters. The van der Waals surface area contributed by atoms with Gasteiger partial charge in [-0.05, 0) is 78.5 Å². The minimum Gasteiger partial charge on any atom is -0.508 e. The van der Waals surface area contributed by atoms with Crippen LogP contribution >= 0.6 is 0 Å². The maximum atomic E-state index is 9.46. The van der Waals surface area contributed by atoms with Gasteiger partial charge in [-0.25, -0.2) is 0 Å². The average Bonchev–Trinajstić information content (AvgIpc) is 2.71. The standard InChI is InChI=1S/2C10H14O.C10H14/c1-7(2)9-5-4-8(3)10(11)6-9;1-7(2)9-5-4-8(3)6-10(9)11;1-8(2)10-6-4-9(3)5-7-10/h2*4-7,11H,1-3H3;4-8H,1-3H3. The molecule has 0 spiro atoms. The summed E-state index contributed by atoms with van der Waals surface area (Å²) in [6.45, 7) is 18.8. The first kappa shape index (κ1) is 27.3. The number of hydrogen-bond acceptors (Lipinski definition) is 2. The first-order chi connectivity index (χ1) is 14.9. The summed E-state index contributed by atoms with van der Waals surface area (Å²) in [5.74, 6) is 2.36. The molecule has 2 nitrogen and oxygen atoms in total. The molecule has 3 aromatic carbocycles. The van der Waals surface area contributed by atoms with Gasteiger partial charge in [-0.1, -0.05) is 95.6 Å². The maximum Gasteiger partial charge on any atom is 0.119 e. The van der Waals surface area contributed by atoms with E-state index < -0.39 is 0 Å².